The van der Waals surface area contributed by atoms with Gasteiger partial charge in [0.05, 0.1) is 22.1 Å². The maximum atomic E-state index is 12.0. The number of thiazole rings is 1. The van der Waals surface area contributed by atoms with Gasteiger partial charge in [-0.1, -0.05) is 11.6 Å². The van der Waals surface area contributed by atoms with Crippen molar-refractivity contribution in [2.75, 3.05) is 13.2 Å². The van der Waals surface area contributed by atoms with Gasteiger partial charge in [0.1, 0.15) is 11.4 Å². The number of hydrogen-bond donors (Lipinski definition) is 1. The highest BCUT2D eigenvalue weighted by Crippen LogP contribution is 2.27. The van der Waals surface area contributed by atoms with E-state index in [0.29, 0.717) is 16.5 Å². The molecule has 0 fully saturated rings. The van der Waals surface area contributed by atoms with Gasteiger partial charge in [-0.05, 0) is 44.2 Å². The summed E-state index contributed by atoms with van der Waals surface area (Å²) in [6, 6.07) is 9.92. The van der Waals surface area contributed by atoms with Gasteiger partial charge in [0.25, 0.3) is 11.5 Å². The van der Waals surface area contributed by atoms with Crippen LogP contribution in [0.2, 0.25) is 5.02 Å². The van der Waals surface area contributed by atoms with Crippen molar-refractivity contribution in [3.63, 3.8) is 0 Å². The number of aryl methyl sites for hydroxylation is 2. The highest BCUT2D eigenvalue weighted by molar-refractivity contribution is 7.15. The Morgan fingerprint density at radius 2 is 1.96 bits per heavy atom. The Bertz CT molecular complexity index is 1030. The van der Waals surface area contributed by atoms with Crippen LogP contribution >= 0.6 is 22.9 Å². The molecule has 0 spiro atoms. The Kier molecular flexibility index (Phi) is 6.43. The fourth-order valence-corrected chi connectivity index (χ4v) is 3.54. The number of halogens is 1. The van der Waals surface area contributed by atoms with Crippen LogP contribution in [0.1, 0.15) is 10.7 Å². The zero-order valence-corrected chi connectivity index (χ0v) is 17.0. The van der Waals surface area contributed by atoms with Crippen molar-refractivity contribution in [2.24, 2.45) is 0 Å². The number of carbonyl (C=O) groups excluding carboxylic acids is 1. The van der Waals surface area contributed by atoms with E-state index >= 15 is 0 Å². The van der Waals surface area contributed by atoms with E-state index in [1.54, 1.807) is 30.3 Å². The number of nitrogens with zero attached hydrogens (tertiary/aromatic N) is 3. The maximum absolute atomic E-state index is 12.0. The first kappa shape index (κ1) is 20.0. The third kappa shape index (κ3) is 5.17. The van der Waals surface area contributed by atoms with Gasteiger partial charge in [0.15, 0.2) is 6.61 Å². The van der Waals surface area contributed by atoms with E-state index < -0.39 is 0 Å². The summed E-state index contributed by atoms with van der Waals surface area (Å²) >= 11 is 7.34. The van der Waals surface area contributed by atoms with Gasteiger partial charge in [-0.15, -0.1) is 11.3 Å². The van der Waals surface area contributed by atoms with Crippen molar-refractivity contribution < 1.29 is 9.53 Å². The molecular formula is C19H19ClN4O3S. The van der Waals surface area contributed by atoms with E-state index in [1.165, 1.54) is 22.1 Å². The molecule has 0 saturated carbocycles. The predicted octanol–water partition coefficient (Wildman–Crippen LogP) is 2.83. The monoisotopic (exact) mass is 418 g/mol. The molecule has 0 unspecified atom stereocenters. The summed E-state index contributed by atoms with van der Waals surface area (Å²) in [5, 5.41) is 8.65. The molecule has 0 saturated heterocycles. The quantitative estimate of drug-likeness (QED) is 0.637. The number of rotatable bonds is 7. The average Bonchev–Trinajstić information content (AvgIpc) is 3.01. The van der Waals surface area contributed by atoms with Gasteiger partial charge in [0, 0.05) is 17.6 Å². The molecule has 7 nitrogen and oxygen atoms in total. The molecule has 0 aliphatic heterocycles. The molecule has 0 atom stereocenters. The van der Waals surface area contributed by atoms with Crippen molar-refractivity contribution in [3.8, 4) is 16.3 Å². The average molecular weight is 419 g/mol. The van der Waals surface area contributed by atoms with Crippen LogP contribution in [0.15, 0.2) is 41.2 Å². The Balaban J connectivity index is 1.54. The molecule has 9 heteroatoms. The minimum atomic E-state index is -0.284. The van der Waals surface area contributed by atoms with E-state index in [0.717, 1.165) is 15.6 Å². The molecule has 0 aliphatic rings. The van der Waals surface area contributed by atoms with Crippen molar-refractivity contribution in [2.45, 2.75) is 20.4 Å². The third-order valence-corrected chi connectivity index (χ3v) is 5.18. The summed E-state index contributed by atoms with van der Waals surface area (Å²) in [5.41, 5.74) is 1.35. The van der Waals surface area contributed by atoms with Crippen LogP contribution in [-0.4, -0.2) is 33.8 Å². The van der Waals surface area contributed by atoms with Crippen LogP contribution in [0.4, 0.5) is 0 Å². The Morgan fingerprint density at radius 3 is 2.64 bits per heavy atom. The molecule has 0 radical (unpaired) electrons. The second kappa shape index (κ2) is 8.99. The second-order valence-electron chi connectivity index (χ2n) is 6.02. The fraction of sp³-hybridized carbons (Fsp3) is 0.263. The molecule has 3 rings (SSSR count). The highest BCUT2D eigenvalue weighted by atomic mass is 35.5. The zero-order chi connectivity index (χ0) is 20.1. The number of aromatic nitrogens is 3. The van der Waals surface area contributed by atoms with Crippen LogP contribution in [0.3, 0.4) is 0 Å². The molecule has 28 heavy (non-hydrogen) atoms. The molecule has 0 aliphatic carbocycles. The molecule has 2 aromatic heterocycles. The summed E-state index contributed by atoms with van der Waals surface area (Å²) in [7, 11) is 0. The van der Waals surface area contributed by atoms with Crippen molar-refractivity contribution in [1.29, 1.82) is 0 Å². The minimum Gasteiger partial charge on any atom is -0.484 e. The predicted molar refractivity (Wildman–Crippen MR) is 109 cm³/mol. The van der Waals surface area contributed by atoms with Gasteiger partial charge in [-0.3, -0.25) is 9.59 Å². The van der Waals surface area contributed by atoms with E-state index in [4.69, 9.17) is 16.3 Å². The smallest absolute Gasteiger partial charge is 0.266 e. The summed E-state index contributed by atoms with van der Waals surface area (Å²) in [4.78, 5) is 29.3. The van der Waals surface area contributed by atoms with Crippen LogP contribution in [0.5, 0.6) is 5.75 Å². The molecular weight excluding hydrogens is 400 g/mol. The third-order valence-electron chi connectivity index (χ3n) is 3.83. The number of hydrogen-bond acceptors (Lipinski definition) is 6. The second-order valence-corrected chi connectivity index (χ2v) is 7.66. The molecule has 1 N–H and O–H groups in total. The minimum absolute atomic E-state index is 0.122. The number of carbonyl (C=O) groups is 1. The van der Waals surface area contributed by atoms with Crippen molar-refractivity contribution >= 4 is 28.8 Å². The van der Waals surface area contributed by atoms with E-state index in [9.17, 15) is 9.59 Å². The lowest BCUT2D eigenvalue weighted by Gasteiger charge is -2.09. The number of ether oxygens (including phenoxy) is 1. The fourth-order valence-electron chi connectivity index (χ4n) is 2.53. The molecule has 0 bridgehead atoms. The molecule has 1 aromatic carbocycles. The topological polar surface area (TPSA) is 86.1 Å². The Morgan fingerprint density at radius 1 is 1.21 bits per heavy atom. The first-order chi connectivity index (χ1) is 13.4. The molecule has 3 aromatic rings. The standard InChI is InChI=1S/C19H19ClN4O3S/c1-12-19(28-13(2)22-12)16-7-8-18(26)24(23-16)10-9-21-17(25)11-27-15-5-3-14(20)4-6-15/h3-8H,9-11H2,1-2H3,(H,21,25). The summed E-state index contributed by atoms with van der Waals surface area (Å²) in [5.74, 6) is 0.272. The van der Waals surface area contributed by atoms with Crippen molar-refractivity contribution in [1.82, 2.24) is 20.1 Å². The van der Waals surface area contributed by atoms with Gasteiger partial charge in [-0.2, -0.15) is 5.10 Å². The normalized spacial score (nSPS) is 10.7. The molecule has 146 valence electrons. The summed E-state index contributed by atoms with van der Waals surface area (Å²) in [6.07, 6.45) is 0. The first-order valence-electron chi connectivity index (χ1n) is 8.60. The lowest BCUT2D eigenvalue weighted by atomic mass is 10.3. The zero-order valence-electron chi connectivity index (χ0n) is 15.4. The summed E-state index contributed by atoms with van der Waals surface area (Å²) in [6.45, 7) is 4.25. The van der Waals surface area contributed by atoms with Crippen molar-refractivity contribution in [3.05, 3.63) is 62.5 Å². The van der Waals surface area contributed by atoms with E-state index in [-0.39, 0.29) is 31.2 Å². The number of benzene rings is 1. The maximum Gasteiger partial charge on any atom is 0.266 e. The van der Waals surface area contributed by atoms with Crippen LogP contribution < -0.4 is 15.6 Å². The van der Waals surface area contributed by atoms with Gasteiger partial charge >= 0.3 is 0 Å². The SMILES string of the molecule is Cc1nc(C)c(-c2ccc(=O)n(CCNC(=O)COc3ccc(Cl)cc3)n2)s1. The summed E-state index contributed by atoms with van der Waals surface area (Å²) < 4.78 is 6.72. The Hall–Kier alpha value is -2.71. The van der Waals surface area contributed by atoms with Gasteiger partial charge < -0.3 is 10.1 Å². The number of amides is 1. The van der Waals surface area contributed by atoms with Crippen LogP contribution in [0.25, 0.3) is 10.6 Å². The largest absolute Gasteiger partial charge is 0.484 e. The van der Waals surface area contributed by atoms with E-state index in [1.807, 2.05) is 13.8 Å². The number of nitrogens with one attached hydrogen (secondary N) is 1. The lowest BCUT2D eigenvalue weighted by molar-refractivity contribution is -0.123. The Labute approximate surface area is 171 Å². The van der Waals surface area contributed by atoms with Crippen LogP contribution in [0, 0.1) is 13.8 Å². The molecule has 1 amide bonds. The first-order valence-corrected chi connectivity index (χ1v) is 9.79. The van der Waals surface area contributed by atoms with Gasteiger partial charge in [0.2, 0.25) is 0 Å². The van der Waals surface area contributed by atoms with Gasteiger partial charge in [-0.25, -0.2) is 9.67 Å². The van der Waals surface area contributed by atoms with E-state index in [2.05, 4.69) is 15.4 Å². The lowest BCUT2D eigenvalue weighted by Crippen LogP contribution is -2.34. The molecule has 2 heterocycles. The highest BCUT2D eigenvalue weighted by Gasteiger charge is 2.11. The van der Waals surface area contributed by atoms with Crippen LogP contribution in [-0.2, 0) is 11.3 Å².